The highest BCUT2D eigenvalue weighted by atomic mass is 16.5. The van der Waals surface area contributed by atoms with Crippen LogP contribution in [0.3, 0.4) is 0 Å². The summed E-state index contributed by atoms with van der Waals surface area (Å²) in [6.07, 6.45) is -0.118. The predicted octanol–water partition coefficient (Wildman–Crippen LogP) is 3.11. The van der Waals surface area contributed by atoms with Gasteiger partial charge < -0.3 is 9.84 Å². The second-order valence-electron chi connectivity index (χ2n) is 6.81. The lowest BCUT2D eigenvalue weighted by atomic mass is 9.84. The van der Waals surface area contributed by atoms with Crippen molar-refractivity contribution in [3.05, 3.63) is 30.3 Å². The molecule has 0 bridgehead atoms. The molecule has 1 aromatic rings. The van der Waals surface area contributed by atoms with Crippen molar-refractivity contribution in [3.63, 3.8) is 0 Å². The molecule has 0 fully saturated rings. The molecule has 0 atom stereocenters. The first-order chi connectivity index (χ1) is 11.2. The topological polar surface area (TPSA) is 78.9 Å². The quantitative estimate of drug-likeness (QED) is 0.782. The molecule has 0 aliphatic rings. The number of para-hydroxylation sites is 1. The van der Waals surface area contributed by atoms with Gasteiger partial charge in [-0.3, -0.25) is 10.2 Å². The van der Waals surface area contributed by atoms with Gasteiger partial charge in [-0.2, -0.15) is 5.01 Å². The first-order valence-corrected chi connectivity index (χ1v) is 8.16. The Balaban J connectivity index is 3.05. The minimum atomic E-state index is -1.55. The van der Waals surface area contributed by atoms with E-state index < -0.39 is 17.6 Å². The number of aliphatic hydroxyl groups is 1. The van der Waals surface area contributed by atoms with E-state index in [1.165, 1.54) is 7.11 Å². The van der Waals surface area contributed by atoms with Crippen LogP contribution >= 0.6 is 0 Å². The Morgan fingerprint density at radius 1 is 1.12 bits per heavy atom. The van der Waals surface area contributed by atoms with Gasteiger partial charge in [-0.15, -0.1) is 0 Å². The summed E-state index contributed by atoms with van der Waals surface area (Å²) in [4.78, 5) is 24.8. The highest BCUT2D eigenvalue weighted by Gasteiger charge is 2.39. The second kappa shape index (κ2) is 8.68. The van der Waals surface area contributed by atoms with E-state index in [0.29, 0.717) is 18.5 Å². The summed E-state index contributed by atoms with van der Waals surface area (Å²) in [5, 5.41) is 11.9. The van der Waals surface area contributed by atoms with Gasteiger partial charge in [0.2, 0.25) is 0 Å². The molecule has 0 aliphatic heterocycles. The van der Waals surface area contributed by atoms with E-state index in [9.17, 15) is 14.7 Å². The molecule has 0 spiro atoms. The van der Waals surface area contributed by atoms with Crippen LogP contribution in [0.1, 0.15) is 40.5 Å². The molecule has 2 amide bonds. The lowest BCUT2D eigenvalue weighted by molar-refractivity contribution is -0.143. The molecule has 0 aromatic heterocycles. The van der Waals surface area contributed by atoms with Gasteiger partial charge in [-0.25, -0.2) is 4.79 Å². The molecule has 1 aromatic carbocycles. The average molecular weight is 336 g/mol. The van der Waals surface area contributed by atoms with Gasteiger partial charge in [0.05, 0.1) is 12.8 Å². The fourth-order valence-electron chi connectivity index (χ4n) is 2.71. The Morgan fingerprint density at radius 3 is 2.04 bits per heavy atom. The number of nitrogens with zero attached hydrogens (tertiary/aromatic N) is 1. The number of carbonyl (C=O) groups is 2. The van der Waals surface area contributed by atoms with Crippen molar-refractivity contribution in [3.8, 4) is 0 Å². The molecule has 24 heavy (non-hydrogen) atoms. The van der Waals surface area contributed by atoms with Gasteiger partial charge in [-0.1, -0.05) is 45.9 Å². The number of amides is 2. The second-order valence-corrected chi connectivity index (χ2v) is 6.81. The largest absolute Gasteiger partial charge is 0.451 e. The van der Waals surface area contributed by atoms with Gasteiger partial charge in [0.15, 0.2) is 0 Å². The van der Waals surface area contributed by atoms with Crippen LogP contribution in [0.2, 0.25) is 0 Å². The minimum Gasteiger partial charge on any atom is -0.451 e. The summed E-state index contributed by atoms with van der Waals surface area (Å²) in [5.41, 5.74) is 1.41. The molecule has 134 valence electrons. The zero-order chi connectivity index (χ0) is 18.3. The zero-order valence-electron chi connectivity index (χ0n) is 15.1. The van der Waals surface area contributed by atoms with E-state index in [-0.39, 0.29) is 11.8 Å². The van der Waals surface area contributed by atoms with Crippen molar-refractivity contribution in [1.29, 1.82) is 0 Å². The van der Waals surface area contributed by atoms with E-state index in [0.717, 1.165) is 5.01 Å². The maximum absolute atomic E-state index is 12.7. The maximum atomic E-state index is 12.7. The molecule has 0 radical (unpaired) electrons. The number of methoxy groups -OCH3 is 1. The highest BCUT2D eigenvalue weighted by molar-refractivity contribution is 5.94. The third-order valence-corrected chi connectivity index (χ3v) is 3.50. The van der Waals surface area contributed by atoms with E-state index in [2.05, 4.69) is 5.43 Å². The number of hydrogen-bond donors (Lipinski definition) is 2. The van der Waals surface area contributed by atoms with Crippen LogP contribution in [0.25, 0.3) is 0 Å². The van der Waals surface area contributed by atoms with Gasteiger partial charge in [0.25, 0.3) is 5.91 Å². The van der Waals surface area contributed by atoms with Crippen LogP contribution in [0.15, 0.2) is 30.3 Å². The smallest absolute Gasteiger partial charge is 0.433 e. The summed E-state index contributed by atoms with van der Waals surface area (Å²) in [5.74, 6) is -0.357. The molecule has 0 saturated heterocycles. The van der Waals surface area contributed by atoms with Crippen molar-refractivity contribution < 1.29 is 19.4 Å². The zero-order valence-corrected chi connectivity index (χ0v) is 15.1. The lowest BCUT2D eigenvalue weighted by Gasteiger charge is -2.32. The van der Waals surface area contributed by atoms with Crippen LogP contribution in [0.5, 0.6) is 0 Å². The van der Waals surface area contributed by atoms with Crippen molar-refractivity contribution in [2.24, 2.45) is 11.8 Å². The Morgan fingerprint density at radius 2 is 1.62 bits per heavy atom. The Bertz CT molecular complexity index is 533. The third-order valence-electron chi connectivity index (χ3n) is 3.50. The van der Waals surface area contributed by atoms with Gasteiger partial charge in [0, 0.05) is 0 Å². The number of anilines is 1. The summed E-state index contributed by atoms with van der Waals surface area (Å²) in [7, 11) is 1.23. The Hall–Kier alpha value is -2.08. The van der Waals surface area contributed by atoms with Crippen LogP contribution in [-0.2, 0) is 9.53 Å². The monoisotopic (exact) mass is 336 g/mol. The number of hydrazine groups is 1. The molecule has 6 nitrogen and oxygen atoms in total. The fraction of sp³-hybridized carbons (Fsp3) is 0.556. The SMILES string of the molecule is COC(=O)N(NC(=O)C(O)(CC(C)C)CC(C)C)c1ccccc1. The number of carbonyl (C=O) groups excluding carboxylic acids is 2. The molecule has 0 unspecified atom stereocenters. The first-order valence-electron chi connectivity index (χ1n) is 8.16. The molecule has 0 heterocycles. The fourth-order valence-corrected chi connectivity index (χ4v) is 2.71. The van der Waals surface area contributed by atoms with Crippen LogP contribution in [0.4, 0.5) is 10.5 Å². The minimum absolute atomic E-state index is 0.128. The summed E-state index contributed by atoms with van der Waals surface area (Å²) in [6, 6.07) is 8.62. The van der Waals surface area contributed by atoms with Gasteiger partial charge in [0.1, 0.15) is 5.60 Å². The summed E-state index contributed by atoms with van der Waals surface area (Å²) >= 11 is 0. The Labute approximate surface area is 143 Å². The number of hydrogen-bond acceptors (Lipinski definition) is 4. The third kappa shape index (κ3) is 5.53. The van der Waals surface area contributed by atoms with Crippen LogP contribution in [0, 0.1) is 11.8 Å². The first kappa shape index (κ1) is 20.0. The highest BCUT2D eigenvalue weighted by Crippen LogP contribution is 2.26. The summed E-state index contributed by atoms with van der Waals surface area (Å²) < 4.78 is 4.73. The van der Waals surface area contributed by atoms with Crippen molar-refractivity contribution in [1.82, 2.24) is 5.43 Å². The van der Waals surface area contributed by atoms with Crippen LogP contribution in [-0.4, -0.2) is 29.8 Å². The number of benzene rings is 1. The van der Waals surface area contributed by atoms with E-state index in [1.807, 2.05) is 27.7 Å². The molecule has 2 N–H and O–H groups in total. The lowest BCUT2D eigenvalue weighted by Crippen LogP contribution is -2.56. The Kier molecular flexibility index (Phi) is 7.22. The molecule has 1 rings (SSSR count). The van der Waals surface area contributed by atoms with Crippen molar-refractivity contribution in [2.45, 2.75) is 46.1 Å². The van der Waals surface area contributed by atoms with E-state index >= 15 is 0 Å². The van der Waals surface area contributed by atoms with Crippen molar-refractivity contribution in [2.75, 3.05) is 12.1 Å². The molecule has 0 aliphatic carbocycles. The molecule has 6 heteroatoms. The van der Waals surface area contributed by atoms with E-state index in [1.54, 1.807) is 30.3 Å². The maximum Gasteiger partial charge on any atom is 0.433 e. The molecule has 0 saturated carbocycles. The summed E-state index contributed by atoms with van der Waals surface area (Å²) in [6.45, 7) is 7.75. The van der Waals surface area contributed by atoms with Crippen LogP contribution < -0.4 is 10.4 Å². The molecular formula is C18H28N2O4. The normalized spacial score (nSPS) is 11.5. The number of rotatable bonds is 6. The average Bonchev–Trinajstić information content (AvgIpc) is 2.50. The standard InChI is InChI=1S/C18H28N2O4/c1-13(2)11-18(23,12-14(3)4)16(21)19-20(17(22)24-5)15-9-7-6-8-10-15/h6-10,13-14,23H,11-12H2,1-5H3,(H,19,21). The predicted molar refractivity (Wildman–Crippen MR) is 93.3 cm³/mol. The number of ether oxygens (including phenoxy) is 1. The van der Waals surface area contributed by atoms with Crippen molar-refractivity contribution >= 4 is 17.7 Å². The van der Waals surface area contributed by atoms with E-state index in [4.69, 9.17) is 4.74 Å². The van der Waals surface area contributed by atoms with Gasteiger partial charge >= 0.3 is 6.09 Å². The van der Waals surface area contributed by atoms with Gasteiger partial charge in [-0.05, 0) is 36.8 Å². The number of nitrogens with one attached hydrogen (secondary N) is 1. The molecular weight excluding hydrogens is 308 g/mol.